The lowest BCUT2D eigenvalue weighted by atomic mass is 9.98. The first-order valence-corrected chi connectivity index (χ1v) is 11.6. The fraction of sp³-hybridized carbons (Fsp3) is 0.455. The van der Waals surface area contributed by atoms with Gasteiger partial charge in [-0.2, -0.15) is 0 Å². The smallest absolute Gasteiger partial charge is 0.280 e. The lowest BCUT2D eigenvalue weighted by Gasteiger charge is -2.22. The predicted octanol–water partition coefficient (Wildman–Crippen LogP) is 3.62. The molecule has 168 valence electrons. The first-order valence-electron chi connectivity index (χ1n) is 10.8. The zero-order valence-electron chi connectivity index (χ0n) is 17.7. The Balaban J connectivity index is 1.39. The largest absolute Gasteiger partial charge is 0.350 e. The lowest BCUT2D eigenvalue weighted by molar-refractivity contribution is 0.0174. The number of piperidine rings is 1. The molecule has 1 saturated heterocycles. The van der Waals surface area contributed by atoms with Gasteiger partial charge in [0.25, 0.3) is 11.8 Å². The first-order chi connectivity index (χ1) is 15.4. The third-order valence-corrected chi connectivity index (χ3v) is 7.08. The monoisotopic (exact) mass is 458 g/mol. The number of benzene rings is 1. The Hall–Kier alpha value is -2.72. The summed E-state index contributed by atoms with van der Waals surface area (Å²) in [4.78, 5) is 28.6. The minimum Gasteiger partial charge on any atom is -0.350 e. The van der Waals surface area contributed by atoms with E-state index in [1.54, 1.807) is 12.1 Å². The van der Waals surface area contributed by atoms with Crippen molar-refractivity contribution in [1.82, 2.24) is 25.6 Å². The molecule has 1 amide bonds. The summed E-state index contributed by atoms with van der Waals surface area (Å²) >= 11 is 1.24. The van der Waals surface area contributed by atoms with Crippen molar-refractivity contribution in [2.45, 2.75) is 32.1 Å². The molecular weight excluding hydrogens is 434 g/mol. The molecule has 2 aliphatic rings. The molecule has 0 unspecified atom stereocenters. The molecule has 0 radical (unpaired) electrons. The van der Waals surface area contributed by atoms with Crippen molar-refractivity contribution in [3.05, 3.63) is 40.7 Å². The first kappa shape index (κ1) is 21.1. The summed E-state index contributed by atoms with van der Waals surface area (Å²) in [6.07, 6.45) is 4.20. The Labute approximate surface area is 188 Å². The summed E-state index contributed by atoms with van der Waals surface area (Å²) in [7, 11) is 0. The SMILES string of the molecule is CC(F)(F)c1ccc2c(c1)CCN2c1ncnc2sc(C(=O)NCC3CCNCC3)nc12. The molecule has 0 bridgehead atoms. The number of carbonyl (C=O) groups excluding carboxylic acids is 1. The number of aromatic nitrogens is 3. The summed E-state index contributed by atoms with van der Waals surface area (Å²) in [5.41, 5.74) is 2.25. The van der Waals surface area contributed by atoms with E-state index in [4.69, 9.17) is 0 Å². The van der Waals surface area contributed by atoms with E-state index in [-0.39, 0.29) is 11.5 Å². The molecular formula is C22H24F2N6OS. The second kappa shape index (κ2) is 8.32. The maximum Gasteiger partial charge on any atom is 0.280 e. The van der Waals surface area contributed by atoms with Gasteiger partial charge in [0.1, 0.15) is 16.7 Å². The molecule has 2 aliphatic heterocycles. The number of nitrogens with one attached hydrogen (secondary N) is 2. The van der Waals surface area contributed by atoms with E-state index in [1.165, 1.54) is 23.7 Å². The second-order valence-corrected chi connectivity index (χ2v) is 9.38. The van der Waals surface area contributed by atoms with Crippen LogP contribution in [-0.2, 0) is 12.3 Å². The Morgan fingerprint density at radius 2 is 2.12 bits per heavy atom. The van der Waals surface area contributed by atoms with Crippen LogP contribution in [0.15, 0.2) is 24.5 Å². The molecule has 5 rings (SSSR count). The summed E-state index contributed by atoms with van der Waals surface area (Å²) < 4.78 is 27.5. The van der Waals surface area contributed by atoms with Gasteiger partial charge < -0.3 is 15.5 Å². The number of amides is 1. The number of nitrogens with zero attached hydrogens (tertiary/aromatic N) is 4. The van der Waals surface area contributed by atoms with Crippen LogP contribution in [0.3, 0.4) is 0 Å². The minimum atomic E-state index is -2.88. The maximum absolute atomic E-state index is 13.7. The van der Waals surface area contributed by atoms with Gasteiger partial charge in [0.2, 0.25) is 0 Å². The molecule has 0 spiro atoms. The fourth-order valence-corrected chi connectivity index (χ4v) is 5.15. The highest BCUT2D eigenvalue weighted by atomic mass is 32.1. The summed E-state index contributed by atoms with van der Waals surface area (Å²) in [6, 6.07) is 4.73. The number of hydrogen-bond donors (Lipinski definition) is 2. The molecule has 2 aromatic heterocycles. The second-order valence-electron chi connectivity index (χ2n) is 8.41. The normalized spacial score (nSPS) is 17.0. The van der Waals surface area contributed by atoms with E-state index >= 15 is 0 Å². The molecule has 0 aliphatic carbocycles. The van der Waals surface area contributed by atoms with Gasteiger partial charge in [-0.15, -0.1) is 0 Å². The molecule has 1 aromatic carbocycles. The Morgan fingerprint density at radius 3 is 2.91 bits per heavy atom. The highest BCUT2D eigenvalue weighted by Gasteiger charge is 2.30. The number of hydrogen-bond acceptors (Lipinski definition) is 7. The topological polar surface area (TPSA) is 83.0 Å². The van der Waals surface area contributed by atoms with Crippen molar-refractivity contribution in [3.8, 4) is 0 Å². The number of anilines is 2. The quantitative estimate of drug-likeness (QED) is 0.608. The van der Waals surface area contributed by atoms with Crippen LogP contribution < -0.4 is 15.5 Å². The van der Waals surface area contributed by atoms with Crippen molar-refractivity contribution in [3.63, 3.8) is 0 Å². The molecule has 3 aromatic rings. The van der Waals surface area contributed by atoms with Gasteiger partial charge in [-0.3, -0.25) is 4.79 Å². The standard InChI is InChI=1S/C22H24F2N6OS/c1-22(23,24)15-2-3-16-14(10-15)6-9-30(16)18-17-20(28-12-27-18)32-21(29-17)19(31)26-11-13-4-7-25-8-5-13/h2-3,10,12-13,25H,4-9,11H2,1H3,(H,26,31). The predicted molar refractivity (Wildman–Crippen MR) is 120 cm³/mol. The minimum absolute atomic E-state index is 0.00676. The van der Waals surface area contributed by atoms with Gasteiger partial charge in [-0.05, 0) is 56.0 Å². The van der Waals surface area contributed by atoms with E-state index < -0.39 is 5.92 Å². The van der Waals surface area contributed by atoms with Gasteiger partial charge in [0, 0.05) is 31.3 Å². The number of carbonyl (C=O) groups is 1. The number of halogens is 2. The average Bonchev–Trinajstić information content (AvgIpc) is 3.41. The fourth-order valence-electron chi connectivity index (χ4n) is 4.33. The van der Waals surface area contributed by atoms with Gasteiger partial charge in [0.15, 0.2) is 10.8 Å². The van der Waals surface area contributed by atoms with E-state index in [0.29, 0.717) is 46.6 Å². The van der Waals surface area contributed by atoms with Crippen LogP contribution in [0.4, 0.5) is 20.3 Å². The molecule has 10 heteroatoms. The molecule has 2 N–H and O–H groups in total. The van der Waals surface area contributed by atoms with E-state index in [9.17, 15) is 13.6 Å². The molecule has 1 fully saturated rings. The number of fused-ring (bicyclic) bond motifs is 2. The van der Waals surface area contributed by atoms with Gasteiger partial charge in [-0.25, -0.2) is 23.7 Å². The van der Waals surface area contributed by atoms with Gasteiger partial charge in [-0.1, -0.05) is 17.4 Å². The molecule has 4 heterocycles. The lowest BCUT2D eigenvalue weighted by Crippen LogP contribution is -2.35. The highest BCUT2D eigenvalue weighted by Crippen LogP contribution is 2.39. The van der Waals surface area contributed by atoms with Gasteiger partial charge in [0.05, 0.1) is 0 Å². The zero-order valence-corrected chi connectivity index (χ0v) is 18.5. The van der Waals surface area contributed by atoms with E-state index in [1.807, 2.05) is 4.90 Å². The Morgan fingerprint density at radius 1 is 1.31 bits per heavy atom. The number of rotatable bonds is 5. The molecule has 32 heavy (non-hydrogen) atoms. The number of alkyl halides is 2. The van der Waals surface area contributed by atoms with Crippen molar-refractivity contribution in [2.75, 3.05) is 31.1 Å². The highest BCUT2D eigenvalue weighted by molar-refractivity contribution is 7.19. The average molecular weight is 459 g/mol. The van der Waals surface area contributed by atoms with Crippen LogP contribution in [0.1, 0.15) is 40.7 Å². The third-order valence-electron chi connectivity index (χ3n) is 6.12. The summed E-state index contributed by atoms with van der Waals surface area (Å²) in [6.45, 7) is 4.11. The zero-order chi connectivity index (χ0) is 22.3. The van der Waals surface area contributed by atoms with Crippen LogP contribution in [-0.4, -0.2) is 47.0 Å². The summed E-state index contributed by atoms with van der Waals surface area (Å²) in [5.74, 6) is -2.00. The van der Waals surface area contributed by atoms with Crippen LogP contribution in [0.5, 0.6) is 0 Å². The Kier molecular flexibility index (Phi) is 5.50. The van der Waals surface area contributed by atoms with E-state index in [0.717, 1.165) is 44.1 Å². The summed E-state index contributed by atoms with van der Waals surface area (Å²) in [5, 5.41) is 6.68. The maximum atomic E-state index is 13.7. The van der Waals surface area contributed by atoms with Crippen LogP contribution >= 0.6 is 11.3 Å². The molecule has 7 nitrogen and oxygen atoms in total. The van der Waals surface area contributed by atoms with Crippen molar-refractivity contribution >= 4 is 39.1 Å². The molecule has 0 saturated carbocycles. The van der Waals surface area contributed by atoms with Crippen LogP contribution in [0.2, 0.25) is 0 Å². The van der Waals surface area contributed by atoms with Gasteiger partial charge >= 0.3 is 0 Å². The third kappa shape index (κ3) is 4.04. The van der Waals surface area contributed by atoms with Crippen molar-refractivity contribution < 1.29 is 13.6 Å². The molecule has 0 atom stereocenters. The van der Waals surface area contributed by atoms with E-state index in [2.05, 4.69) is 25.6 Å². The van der Waals surface area contributed by atoms with Crippen molar-refractivity contribution in [1.29, 1.82) is 0 Å². The van der Waals surface area contributed by atoms with Crippen molar-refractivity contribution in [2.24, 2.45) is 5.92 Å². The van der Waals surface area contributed by atoms with Crippen LogP contribution in [0, 0.1) is 5.92 Å². The Bertz CT molecular complexity index is 1160. The van der Waals surface area contributed by atoms with Crippen LogP contribution in [0.25, 0.3) is 10.3 Å². The number of thiazole rings is 1.